The normalized spacial score (nSPS) is 15.7. The highest BCUT2D eigenvalue weighted by Gasteiger charge is 2.35. The molecule has 1 aliphatic rings. The molecule has 2 N–H and O–H groups in total. The summed E-state index contributed by atoms with van der Waals surface area (Å²) in [5.74, 6) is 0.736. The van der Waals surface area contributed by atoms with Crippen LogP contribution in [-0.4, -0.2) is 18.8 Å². The molecule has 1 aliphatic heterocycles. The lowest BCUT2D eigenvalue weighted by atomic mass is 9.83. The zero-order chi connectivity index (χ0) is 19.0. The Morgan fingerprint density at radius 3 is 2.62 bits per heavy atom. The molecule has 7 nitrogen and oxygen atoms in total. The van der Waals surface area contributed by atoms with E-state index in [9.17, 15) is 10.1 Å². The Kier molecular flexibility index (Phi) is 4.34. The Morgan fingerprint density at radius 2 is 2.00 bits per heavy atom. The summed E-state index contributed by atoms with van der Waals surface area (Å²) in [5, 5.41) is 9.66. The van der Waals surface area contributed by atoms with E-state index in [-0.39, 0.29) is 17.0 Å². The molecule has 7 heteroatoms. The van der Waals surface area contributed by atoms with Crippen molar-refractivity contribution in [3.05, 3.63) is 62.9 Å². The second kappa shape index (κ2) is 6.48. The number of pyridine rings is 1. The second-order valence-corrected chi connectivity index (χ2v) is 5.96. The van der Waals surface area contributed by atoms with E-state index in [1.165, 1.54) is 11.7 Å². The number of ether oxygens (including phenoxy) is 3. The lowest BCUT2D eigenvalue weighted by molar-refractivity contribution is 0.379. The number of nitrogens with zero attached hydrogens (tertiary/aromatic N) is 2. The number of nitrogens with two attached hydrogens (primary N) is 1. The van der Waals surface area contributed by atoms with Gasteiger partial charge < -0.3 is 24.5 Å². The van der Waals surface area contributed by atoms with Gasteiger partial charge in [0.15, 0.2) is 0 Å². The van der Waals surface area contributed by atoms with Gasteiger partial charge in [0, 0.05) is 30.4 Å². The summed E-state index contributed by atoms with van der Waals surface area (Å²) in [4.78, 5) is 13.0. The number of aromatic nitrogens is 1. The molecule has 26 heavy (non-hydrogen) atoms. The summed E-state index contributed by atoms with van der Waals surface area (Å²) in [6, 6.07) is 9.03. The summed E-state index contributed by atoms with van der Waals surface area (Å²) in [5.41, 5.74) is 7.62. The molecule has 1 aromatic carbocycles. The van der Waals surface area contributed by atoms with E-state index < -0.39 is 5.92 Å². The number of allylic oxidation sites excluding steroid dienone is 1. The van der Waals surface area contributed by atoms with Gasteiger partial charge in [-0.25, -0.2) is 0 Å². The third-order valence-corrected chi connectivity index (χ3v) is 4.60. The van der Waals surface area contributed by atoms with Gasteiger partial charge in [-0.1, -0.05) is 6.07 Å². The molecule has 0 spiro atoms. The summed E-state index contributed by atoms with van der Waals surface area (Å²) < 4.78 is 17.8. The maximum Gasteiger partial charge on any atom is 0.258 e. The quantitative estimate of drug-likeness (QED) is 0.905. The van der Waals surface area contributed by atoms with Crippen LogP contribution in [0.3, 0.4) is 0 Å². The minimum Gasteiger partial charge on any atom is -0.497 e. The van der Waals surface area contributed by atoms with E-state index in [0.29, 0.717) is 28.4 Å². The molecule has 134 valence electrons. The SMILES string of the molecule is COc1ccc([C@H]2C(C#N)=C(N)Oc3cc(C)n(C)c(=O)c32)c(OC)c1. The molecule has 3 rings (SSSR count). The van der Waals surface area contributed by atoms with Crippen LogP contribution in [0.1, 0.15) is 22.7 Å². The third-order valence-electron chi connectivity index (χ3n) is 4.60. The van der Waals surface area contributed by atoms with Crippen molar-refractivity contribution in [3.63, 3.8) is 0 Å². The van der Waals surface area contributed by atoms with Crippen molar-refractivity contribution in [2.75, 3.05) is 14.2 Å². The first-order valence-corrected chi connectivity index (χ1v) is 7.93. The predicted molar refractivity (Wildman–Crippen MR) is 95.3 cm³/mol. The Labute approximate surface area is 150 Å². The molecule has 0 bridgehead atoms. The monoisotopic (exact) mass is 353 g/mol. The predicted octanol–water partition coefficient (Wildman–Crippen LogP) is 1.93. The van der Waals surface area contributed by atoms with Crippen LogP contribution in [0.15, 0.2) is 40.5 Å². The molecule has 1 atom stereocenters. The van der Waals surface area contributed by atoms with Crippen LogP contribution in [0.25, 0.3) is 0 Å². The van der Waals surface area contributed by atoms with Crippen LogP contribution in [0.4, 0.5) is 0 Å². The standard InChI is InChI=1S/C19H19N3O4/c1-10-7-15-17(19(23)22(10)2)16(13(9-20)18(21)26-15)12-6-5-11(24-3)8-14(12)25-4/h5-8,16H,21H2,1-4H3/t16-/m0/s1. The number of benzene rings is 1. The lowest BCUT2D eigenvalue weighted by Crippen LogP contribution is -2.31. The van der Waals surface area contributed by atoms with Crippen molar-refractivity contribution in [2.45, 2.75) is 12.8 Å². The van der Waals surface area contributed by atoms with Crippen LogP contribution in [-0.2, 0) is 7.05 Å². The van der Waals surface area contributed by atoms with E-state index in [1.807, 2.05) is 0 Å². The van der Waals surface area contributed by atoms with E-state index >= 15 is 0 Å². The van der Waals surface area contributed by atoms with Crippen molar-refractivity contribution in [3.8, 4) is 23.3 Å². The first-order chi connectivity index (χ1) is 12.4. The number of nitriles is 1. The maximum absolute atomic E-state index is 13.0. The number of fused-ring (bicyclic) bond motifs is 1. The average molecular weight is 353 g/mol. The van der Waals surface area contributed by atoms with Crippen molar-refractivity contribution in [1.29, 1.82) is 5.26 Å². The summed E-state index contributed by atoms with van der Waals surface area (Å²) in [6.45, 7) is 1.80. The molecule has 2 aromatic rings. The molecular formula is C19H19N3O4. The number of hydrogen-bond donors (Lipinski definition) is 1. The van der Waals surface area contributed by atoms with Gasteiger partial charge in [-0.05, 0) is 13.0 Å². The summed E-state index contributed by atoms with van der Waals surface area (Å²) in [7, 11) is 4.74. The maximum atomic E-state index is 13.0. The summed E-state index contributed by atoms with van der Waals surface area (Å²) >= 11 is 0. The van der Waals surface area contributed by atoms with Crippen LogP contribution in [0.5, 0.6) is 17.2 Å². The van der Waals surface area contributed by atoms with Gasteiger partial charge in [-0.3, -0.25) is 4.79 Å². The van der Waals surface area contributed by atoms with E-state index in [0.717, 1.165) is 5.69 Å². The first-order valence-electron chi connectivity index (χ1n) is 7.93. The molecular weight excluding hydrogens is 334 g/mol. The fraction of sp³-hybridized carbons (Fsp3) is 0.263. The van der Waals surface area contributed by atoms with Crippen LogP contribution in [0, 0.1) is 18.3 Å². The number of rotatable bonds is 3. The molecule has 2 heterocycles. The Hall–Kier alpha value is -3.40. The second-order valence-electron chi connectivity index (χ2n) is 5.96. The van der Waals surface area contributed by atoms with Gasteiger partial charge in [0.2, 0.25) is 5.88 Å². The van der Waals surface area contributed by atoms with Crippen molar-refractivity contribution in [2.24, 2.45) is 12.8 Å². The zero-order valence-corrected chi connectivity index (χ0v) is 15.0. The van der Waals surface area contributed by atoms with Gasteiger partial charge in [-0.15, -0.1) is 0 Å². The smallest absolute Gasteiger partial charge is 0.258 e. The molecule has 0 fully saturated rings. The van der Waals surface area contributed by atoms with Crippen molar-refractivity contribution in [1.82, 2.24) is 4.57 Å². The van der Waals surface area contributed by atoms with Crippen LogP contribution in [0.2, 0.25) is 0 Å². The largest absolute Gasteiger partial charge is 0.497 e. The molecule has 0 saturated heterocycles. The first kappa shape index (κ1) is 17.4. The van der Waals surface area contributed by atoms with E-state index in [1.54, 1.807) is 45.3 Å². The average Bonchev–Trinajstić information content (AvgIpc) is 2.64. The lowest BCUT2D eigenvalue weighted by Gasteiger charge is -2.27. The highest BCUT2D eigenvalue weighted by molar-refractivity contribution is 5.59. The minimum absolute atomic E-state index is 0.0180. The topological polar surface area (TPSA) is 99.5 Å². The third kappa shape index (κ3) is 2.56. The van der Waals surface area contributed by atoms with Crippen LogP contribution >= 0.6 is 0 Å². The molecule has 0 saturated carbocycles. The molecule has 0 aliphatic carbocycles. The van der Waals surface area contributed by atoms with Gasteiger partial charge in [0.1, 0.15) is 28.9 Å². The van der Waals surface area contributed by atoms with Gasteiger partial charge >= 0.3 is 0 Å². The van der Waals surface area contributed by atoms with E-state index in [2.05, 4.69) is 6.07 Å². The molecule has 0 unspecified atom stereocenters. The van der Waals surface area contributed by atoms with Crippen LogP contribution < -0.4 is 25.5 Å². The molecule has 1 aromatic heterocycles. The van der Waals surface area contributed by atoms with Crippen molar-refractivity contribution >= 4 is 0 Å². The van der Waals surface area contributed by atoms with Crippen molar-refractivity contribution < 1.29 is 14.2 Å². The highest BCUT2D eigenvalue weighted by atomic mass is 16.5. The number of aryl methyl sites for hydroxylation is 1. The van der Waals surface area contributed by atoms with Gasteiger partial charge in [0.05, 0.1) is 25.7 Å². The fourth-order valence-electron chi connectivity index (χ4n) is 3.11. The summed E-state index contributed by atoms with van der Waals surface area (Å²) in [6.07, 6.45) is 0. The fourth-order valence-corrected chi connectivity index (χ4v) is 3.11. The number of methoxy groups -OCH3 is 2. The van der Waals surface area contributed by atoms with Gasteiger partial charge in [-0.2, -0.15) is 5.26 Å². The Bertz CT molecular complexity index is 1010. The van der Waals surface area contributed by atoms with Gasteiger partial charge in [0.25, 0.3) is 5.56 Å². The Balaban J connectivity index is 2.35. The highest BCUT2D eigenvalue weighted by Crippen LogP contribution is 2.44. The molecule has 0 amide bonds. The zero-order valence-electron chi connectivity index (χ0n) is 15.0. The Morgan fingerprint density at radius 1 is 1.27 bits per heavy atom. The number of hydrogen-bond acceptors (Lipinski definition) is 6. The molecule has 0 radical (unpaired) electrons. The minimum atomic E-state index is -0.691. The van der Waals surface area contributed by atoms with E-state index in [4.69, 9.17) is 19.9 Å².